The Labute approximate surface area is 245 Å². The highest BCUT2D eigenvalue weighted by Gasteiger charge is 2.34. The van der Waals surface area contributed by atoms with Crippen molar-refractivity contribution in [1.29, 1.82) is 0 Å². The molecule has 0 radical (unpaired) electrons. The molecule has 0 saturated heterocycles. The minimum atomic E-state index is -4.22. The fourth-order valence-electron chi connectivity index (χ4n) is 4.08. The third-order valence-corrected chi connectivity index (χ3v) is 8.86. The van der Waals surface area contributed by atoms with Gasteiger partial charge in [-0.05, 0) is 75.2 Å². The number of amides is 2. The molecule has 0 aliphatic heterocycles. The highest BCUT2D eigenvalue weighted by atomic mass is 35.5. The lowest BCUT2D eigenvalue weighted by Gasteiger charge is -2.32. The van der Waals surface area contributed by atoms with Gasteiger partial charge in [-0.3, -0.25) is 13.9 Å². The Balaban J connectivity index is 2.11. The van der Waals surface area contributed by atoms with Gasteiger partial charge in [0.2, 0.25) is 11.8 Å². The summed E-state index contributed by atoms with van der Waals surface area (Å²) in [6.07, 6.45) is 0. The first kappa shape index (κ1) is 31.3. The lowest BCUT2D eigenvalue weighted by Crippen LogP contribution is -2.51. The third-order valence-electron chi connectivity index (χ3n) is 6.35. The second kappa shape index (κ2) is 13.4. The lowest BCUT2D eigenvalue weighted by atomic mass is 10.1. The van der Waals surface area contributed by atoms with E-state index in [1.807, 2.05) is 13.8 Å². The Morgan fingerprint density at radius 3 is 2.20 bits per heavy atom. The van der Waals surface area contributed by atoms with E-state index in [9.17, 15) is 18.0 Å². The van der Waals surface area contributed by atoms with E-state index in [-0.39, 0.29) is 28.8 Å². The molecule has 1 atom stereocenters. The quantitative estimate of drug-likeness (QED) is 0.317. The molecule has 3 aromatic carbocycles. The number of methoxy groups -OCH3 is 1. The largest absolute Gasteiger partial charge is 0.495 e. The molecule has 0 aliphatic carbocycles. The molecular formula is C29H33Cl2N3O5S. The maximum Gasteiger partial charge on any atom is 0.264 e. The number of sulfonamides is 1. The van der Waals surface area contributed by atoms with Gasteiger partial charge in [0.25, 0.3) is 10.0 Å². The van der Waals surface area contributed by atoms with Crippen LogP contribution in [0.3, 0.4) is 0 Å². The maximum absolute atomic E-state index is 14.0. The number of benzene rings is 3. The summed E-state index contributed by atoms with van der Waals surface area (Å²) in [4.78, 5) is 28.2. The predicted molar refractivity (Wildman–Crippen MR) is 159 cm³/mol. The second-order valence-corrected chi connectivity index (χ2v) is 12.0. The number of nitrogens with zero attached hydrogens (tertiary/aromatic N) is 2. The van der Waals surface area contributed by atoms with Crippen molar-refractivity contribution in [3.05, 3.63) is 87.4 Å². The van der Waals surface area contributed by atoms with Gasteiger partial charge in [-0.15, -0.1) is 0 Å². The van der Waals surface area contributed by atoms with Crippen molar-refractivity contribution in [3.63, 3.8) is 0 Å². The van der Waals surface area contributed by atoms with E-state index < -0.39 is 28.5 Å². The van der Waals surface area contributed by atoms with Crippen LogP contribution in [-0.4, -0.2) is 51.4 Å². The number of nitrogens with one attached hydrogen (secondary N) is 1. The zero-order valence-corrected chi connectivity index (χ0v) is 25.4. The smallest absolute Gasteiger partial charge is 0.264 e. The summed E-state index contributed by atoms with van der Waals surface area (Å²) >= 11 is 12.3. The Morgan fingerprint density at radius 2 is 1.60 bits per heavy atom. The average Bonchev–Trinajstić information content (AvgIpc) is 2.92. The monoisotopic (exact) mass is 605 g/mol. The molecule has 11 heteroatoms. The molecule has 2 amide bonds. The number of rotatable bonds is 11. The third kappa shape index (κ3) is 7.27. The molecule has 40 heavy (non-hydrogen) atoms. The van der Waals surface area contributed by atoms with E-state index in [0.717, 1.165) is 15.4 Å². The fraction of sp³-hybridized carbons (Fsp3) is 0.310. The average molecular weight is 607 g/mol. The number of aryl methyl sites for hydroxylation is 2. The Bertz CT molecular complexity index is 1480. The number of carbonyl (C=O) groups is 2. The van der Waals surface area contributed by atoms with E-state index in [1.54, 1.807) is 62.4 Å². The first-order valence-corrected chi connectivity index (χ1v) is 14.8. The minimum absolute atomic E-state index is 0.00258. The molecule has 3 aromatic rings. The summed E-state index contributed by atoms with van der Waals surface area (Å²) in [5.41, 5.74) is 2.49. The standard InChI is InChI=1S/C29H33Cl2N3O5S/c1-6-32-29(36)21(4)33(17-22-10-13-24(30)25(31)16-22)28(35)18-34(26-15-20(3)9-14-27(26)39-5)40(37,38)23-11-7-19(2)8-12-23/h7-16,21H,6,17-18H2,1-5H3,(H,32,36)/t21-/m0/s1. The van der Waals surface area contributed by atoms with Gasteiger partial charge in [-0.2, -0.15) is 0 Å². The van der Waals surface area contributed by atoms with Crippen molar-refractivity contribution < 1.29 is 22.7 Å². The number of halogens is 2. The number of hydrogen-bond acceptors (Lipinski definition) is 5. The molecule has 1 N–H and O–H groups in total. The summed E-state index contributed by atoms with van der Waals surface area (Å²) in [6, 6.07) is 15.4. The van der Waals surface area contributed by atoms with E-state index in [1.165, 1.54) is 24.1 Å². The van der Waals surface area contributed by atoms with Crippen molar-refractivity contribution in [2.75, 3.05) is 24.5 Å². The molecular weight excluding hydrogens is 573 g/mol. The van der Waals surface area contributed by atoms with Gasteiger partial charge in [0, 0.05) is 13.1 Å². The maximum atomic E-state index is 14.0. The summed E-state index contributed by atoms with van der Waals surface area (Å²) in [5.74, 6) is -0.692. The number of ether oxygens (including phenoxy) is 1. The summed E-state index contributed by atoms with van der Waals surface area (Å²) < 4.78 is 34.5. The van der Waals surface area contributed by atoms with Crippen LogP contribution in [0.2, 0.25) is 10.0 Å². The second-order valence-electron chi connectivity index (χ2n) is 9.34. The topological polar surface area (TPSA) is 96.0 Å². The van der Waals surface area contributed by atoms with Crippen molar-refractivity contribution >= 4 is 50.7 Å². The van der Waals surface area contributed by atoms with Crippen LogP contribution in [0.1, 0.15) is 30.5 Å². The Kier molecular flexibility index (Phi) is 10.5. The van der Waals surface area contributed by atoms with Crippen molar-refractivity contribution in [2.24, 2.45) is 0 Å². The van der Waals surface area contributed by atoms with Crippen LogP contribution in [0.15, 0.2) is 65.6 Å². The van der Waals surface area contributed by atoms with Crippen molar-refractivity contribution in [1.82, 2.24) is 10.2 Å². The zero-order chi connectivity index (χ0) is 29.6. The molecule has 8 nitrogen and oxygen atoms in total. The first-order chi connectivity index (χ1) is 18.9. The van der Waals surface area contributed by atoms with Gasteiger partial charge < -0.3 is 15.0 Å². The fourth-order valence-corrected chi connectivity index (χ4v) is 5.82. The molecule has 0 spiro atoms. The molecule has 0 fully saturated rings. The normalized spacial score (nSPS) is 12.0. The van der Waals surface area contributed by atoms with Gasteiger partial charge >= 0.3 is 0 Å². The predicted octanol–water partition coefficient (Wildman–Crippen LogP) is 5.37. The molecule has 0 bridgehead atoms. The minimum Gasteiger partial charge on any atom is -0.495 e. The number of anilines is 1. The van der Waals surface area contributed by atoms with E-state index >= 15 is 0 Å². The van der Waals surface area contributed by atoms with E-state index in [0.29, 0.717) is 22.2 Å². The first-order valence-electron chi connectivity index (χ1n) is 12.6. The van der Waals surface area contributed by atoms with Crippen LogP contribution >= 0.6 is 23.2 Å². The van der Waals surface area contributed by atoms with Crippen molar-refractivity contribution in [2.45, 2.75) is 45.2 Å². The summed E-state index contributed by atoms with van der Waals surface area (Å²) in [7, 11) is -2.79. The van der Waals surface area contributed by atoms with Crippen LogP contribution in [0, 0.1) is 13.8 Å². The van der Waals surface area contributed by atoms with Gasteiger partial charge in [0.15, 0.2) is 0 Å². The van der Waals surface area contributed by atoms with Crippen LogP contribution < -0.4 is 14.4 Å². The van der Waals surface area contributed by atoms with Crippen LogP contribution in [0.25, 0.3) is 0 Å². The zero-order valence-electron chi connectivity index (χ0n) is 23.1. The number of likely N-dealkylation sites (N-methyl/N-ethyl adjacent to an activating group) is 1. The Hall–Kier alpha value is -3.27. The molecule has 214 valence electrons. The van der Waals surface area contributed by atoms with Gasteiger partial charge in [0.05, 0.1) is 27.7 Å². The van der Waals surface area contributed by atoms with E-state index in [2.05, 4.69) is 5.32 Å². The molecule has 0 aromatic heterocycles. The van der Waals surface area contributed by atoms with Gasteiger partial charge in [-0.25, -0.2) is 8.42 Å². The van der Waals surface area contributed by atoms with E-state index in [4.69, 9.17) is 27.9 Å². The molecule has 0 saturated carbocycles. The molecule has 3 rings (SSSR count). The van der Waals surface area contributed by atoms with Crippen LogP contribution in [0.4, 0.5) is 5.69 Å². The Morgan fingerprint density at radius 1 is 0.950 bits per heavy atom. The lowest BCUT2D eigenvalue weighted by molar-refractivity contribution is -0.139. The van der Waals surface area contributed by atoms with Crippen LogP contribution in [0.5, 0.6) is 5.75 Å². The van der Waals surface area contributed by atoms with Gasteiger partial charge in [-0.1, -0.05) is 53.0 Å². The van der Waals surface area contributed by atoms with Crippen molar-refractivity contribution in [3.8, 4) is 5.75 Å². The molecule has 0 unspecified atom stereocenters. The number of carbonyl (C=O) groups excluding carboxylic acids is 2. The number of hydrogen-bond donors (Lipinski definition) is 1. The highest BCUT2D eigenvalue weighted by Crippen LogP contribution is 2.34. The summed E-state index contributed by atoms with van der Waals surface area (Å²) in [5, 5.41) is 3.37. The van der Waals surface area contributed by atoms with Crippen LogP contribution in [-0.2, 0) is 26.2 Å². The SMILES string of the molecule is CCNC(=O)[C@H](C)N(Cc1ccc(Cl)c(Cl)c1)C(=O)CN(c1cc(C)ccc1OC)S(=O)(=O)c1ccc(C)cc1. The highest BCUT2D eigenvalue weighted by molar-refractivity contribution is 7.92. The van der Waals surface area contributed by atoms with Gasteiger partial charge in [0.1, 0.15) is 18.3 Å². The molecule has 0 aliphatic rings. The summed E-state index contributed by atoms with van der Waals surface area (Å²) in [6.45, 7) is 6.81. The molecule has 0 heterocycles.